The van der Waals surface area contributed by atoms with Crippen molar-refractivity contribution in [3.05, 3.63) is 38.5 Å². The molecule has 0 aliphatic rings. The number of nitrogen functional groups attached to an aromatic ring is 1. The summed E-state index contributed by atoms with van der Waals surface area (Å²) in [5.41, 5.74) is 8.57. The zero-order valence-corrected chi connectivity index (χ0v) is 14.1. The summed E-state index contributed by atoms with van der Waals surface area (Å²) >= 11 is 1.43. The van der Waals surface area contributed by atoms with Crippen molar-refractivity contribution in [1.82, 2.24) is 20.3 Å². The SMILES string of the molecule is Cc1nc(=O)[nH]c(C)c1CCC(=O)NCCCc1csc(N)n1. The van der Waals surface area contributed by atoms with E-state index in [1.54, 1.807) is 6.92 Å². The predicted molar refractivity (Wildman–Crippen MR) is 90.5 cm³/mol. The molecule has 2 rings (SSSR count). The Morgan fingerprint density at radius 2 is 2.13 bits per heavy atom. The van der Waals surface area contributed by atoms with E-state index in [0.29, 0.717) is 30.2 Å². The number of nitrogens with zero attached hydrogens (tertiary/aromatic N) is 2. The Morgan fingerprint density at radius 3 is 2.78 bits per heavy atom. The number of rotatable bonds is 7. The fourth-order valence-electron chi connectivity index (χ4n) is 2.39. The van der Waals surface area contributed by atoms with Crippen LogP contribution in [0.25, 0.3) is 0 Å². The molecule has 0 unspecified atom stereocenters. The number of hydrogen-bond donors (Lipinski definition) is 3. The number of amides is 1. The lowest BCUT2D eigenvalue weighted by molar-refractivity contribution is -0.121. The lowest BCUT2D eigenvalue weighted by Gasteiger charge is -2.08. The van der Waals surface area contributed by atoms with Gasteiger partial charge in [0.1, 0.15) is 0 Å². The van der Waals surface area contributed by atoms with Gasteiger partial charge in [0, 0.05) is 29.7 Å². The van der Waals surface area contributed by atoms with Crippen LogP contribution in [0.1, 0.15) is 35.5 Å². The average Bonchev–Trinajstić information content (AvgIpc) is 2.88. The van der Waals surface area contributed by atoms with Crippen molar-refractivity contribution in [2.75, 3.05) is 12.3 Å². The maximum absolute atomic E-state index is 11.9. The molecule has 0 saturated heterocycles. The molecule has 0 bridgehead atoms. The van der Waals surface area contributed by atoms with Crippen molar-refractivity contribution in [3.8, 4) is 0 Å². The quantitative estimate of drug-likeness (QED) is 0.656. The molecule has 124 valence electrons. The van der Waals surface area contributed by atoms with Crippen LogP contribution >= 0.6 is 11.3 Å². The van der Waals surface area contributed by atoms with E-state index in [4.69, 9.17) is 5.73 Å². The third-order valence-corrected chi connectivity index (χ3v) is 4.28. The summed E-state index contributed by atoms with van der Waals surface area (Å²) in [7, 11) is 0. The number of aromatic amines is 1. The van der Waals surface area contributed by atoms with Gasteiger partial charge in [-0.25, -0.2) is 9.78 Å². The Hall–Kier alpha value is -2.22. The Morgan fingerprint density at radius 1 is 1.35 bits per heavy atom. The van der Waals surface area contributed by atoms with Crippen LogP contribution in [-0.2, 0) is 17.6 Å². The molecule has 2 heterocycles. The molecular weight excluding hydrogens is 314 g/mol. The zero-order chi connectivity index (χ0) is 16.8. The van der Waals surface area contributed by atoms with Crippen LogP contribution in [0.4, 0.5) is 5.13 Å². The number of aryl methyl sites for hydroxylation is 3. The summed E-state index contributed by atoms with van der Waals surface area (Å²) in [5.74, 6) is -0.00667. The van der Waals surface area contributed by atoms with Gasteiger partial charge >= 0.3 is 5.69 Å². The maximum Gasteiger partial charge on any atom is 0.345 e. The van der Waals surface area contributed by atoms with E-state index in [1.807, 2.05) is 12.3 Å². The highest BCUT2D eigenvalue weighted by Gasteiger charge is 2.09. The second-order valence-electron chi connectivity index (χ2n) is 5.36. The minimum absolute atomic E-state index is 0.00667. The molecule has 0 radical (unpaired) electrons. The number of nitrogens with two attached hydrogens (primary N) is 1. The molecule has 8 heteroatoms. The molecular formula is C15H21N5O2S. The summed E-state index contributed by atoms with van der Waals surface area (Å²) in [6.07, 6.45) is 2.57. The van der Waals surface area contributed by atoms with Gasteiger partial charge in [-0.3, -0.25) is 4.79 Å². The van der Waals surface area contributed by atoms with Crippen molar-refractivity contribution < 1.29 is 4.79 Å². The predicted octanol–water partition coefficient (Wildman–Crippen LogP) is 1.11. The first-order chi connectivity index (χ1) is 11.0. The van der Waals surface area contributed by atoms with Gasteiger partial charge in [-0.15, -0.1) is 11.3 Å². The van der Waals surface area contributed by atoms with Crippen LogP contribution in [0, 0.1) is 13.8 Å². The Labute approximate surface area is 138 Å². The second kappa shape index (κ2) is 7.87. The highest BCUT2D eigenvalue weighted by atomic mass is 32.1. The number of anilines is 1. The van der Waals surface area contributed by atoms with Crippen LogP contribution < -0.4 is 16.7 Å². The lowest BCUT2D eigenvalue weighted by atomic mass is 10.1. The van der Waals surface area contributed by atoms with Gasteiger partial charge in [-0.2, -0.15) is 4.98 Å². The molecule has 2 aromatic heterocycles. The Bertz CT molecular complexity index is 711. The first-order valence-corrected chi connectivity index (χ1v) is 8.36. The minimum Gasteiger partial charge on any atom is -0.375 e. The first-order valence-electron chi connectivity index (χ1n) is 7.48. The number of hydrogen-bond acceptors (Lipinski definition) is 6. The van der Waals surface area contributed by atoms with E-state index in [0.717, 1.165) is 29.8 Å². The molecule has 2 aromatic rings. The van der Waals surface area contributed by atoms with Crippen LogP contribution in [0.5, 0.6) is 0 Å². The lowest BCUT2D eigenvalue weighted by Crippen LogP contribution is -2.25. The smallest absolute Gasteiger partial charge is 0.345 e. The number of nitrogens with one attached hydrogen (secondary N) is 2. The highest BCUT2D eigenvalue weighted by molar-refractivity contribution is 7.13. The first kappa shape index (κ1) is 17.1. The maximum atomic E-state index is 11.9. The van der Waals surface area contributed by atoms with E-state index in [1.165, 1.54) is 11.3 Å². The summed E-state index contributed by atoms with van der Waals surface area (Å²) in [6, 6.07) is 0. The van der Waals surface area contributed by atoms with Gasteiger partial charge in [0.15, 0.2) is 5.13 Å². The monoisotopic (exact) mass is 335 g/mol. The fourth-order valence-corrected chi connectivity index (χ4v) is 2.98. The van der Waals surface area contributed by atoms with Crippen LogP contribution in [0.3, 0.4) is 0 Å². The van der Waals surface area contributed by atoms with Crippen molar-refractivity contribution in [3.63, 3.8) is 0 Å². The van der Waals surface area contributed by atoms with E-state index < -0.39 is 0 Å². The van der Waals surface area contributed by atoms with Gasteiger partial charge in [0.25, 0.3) is 0 Å². The van der Waals surface area contributed by atoms with Gasteiger partial charge in [-0.1, -0.05) is 0 Å². The van der Waals surface area contributed by atoms with Gasteiger partial charge in [-0.05, 0) is 38.7 Å². The van der Waals surface area contributed by atoms with Crippen LogP contribution in [0.2, 0.25) is 0 Å². The molecule has 1 amide bonds. The molecule has 7 nitrogen and oxygen atoms in total. The van der Waals surface area contributed by atoms with E-state index in [-0.39, 0.29) is 11.6 Å². The Kier molecular flexibility index (Phi) is 5.86. The highest BCUT2D eigenvalue weighted by Crippen LogP contribution is 2.12. The van der Waals surface area contributed by atoms with Gasteiger partial charge < -0.3 is 16.0 Å². The van der Waals surface area contributed by atoms with Crippen LogP contribution in [0.15, 0.2) is 10.2 Å². The summed E-state index contributed by atoms with van der Waals surface area (Å²) in [6.45, 7) is 4.22. The van der Waals surface area contributed by atoms with E-state index in [9.17, 15) is 9.59 Å². The molecule has 0 fully saturated rings. The molecule has 4 N–H and O–H groups in total. The summed E-state index contributed by atoms with van der Waals surface area (Å²) in [5, 5.41) is 5.40. The van der Waals surface area contributed by atoms with Crippen LogP contribution in [-0.4, -0.2) is 27.4 Å². The largest absolute Gasteiger partial charge is 0.375 e. The van der Waals surface area contributed by atoms with Gasteiger partial charge in [0.2, 0.25) is 5.91 Å². The molecule has 0 aromatic carbocycles. The van der Waals surface area contributed by atoms with E-state index >= 15 is 0 Å². The zero-order valence-electron chi connectivity index (χ0n) is 13.3. The second-order valence-corrected chi connectivity index (χ2v) is 6.25. The molecule has 0 spiro atoms. The standard InChI is InChI=1S/C15H21N5O2S/c1-9-12(10(2)19-15(22)18-9)5-6-13(21)17-7-3-4-11-8-23-14(16)20-11/h8H,3-7H2,1-2H3,(H2,16,20)(H,17,21)(H,18,19,22). The third-order valence-electron chi connectivity index (χ3n) is 3.56. The molecule has 0 aliphatic heterocycles. The minimum atomic E-state index is -0.351. The molecule has 0 saturated carbocycles. The normalized spacial score (nSPS) is 10.7. The number of carbonyl (C=O) groups excluding carboxylic acids is 1. The van der Waals surface area contributed by atoms with Crippen molar-refractivity contribution in [2.24, 2.45) is 0 Å². The molecule has 0 aliphatic carbocycles. The van der Waals surface area contributed by atoms with Crippen molar-refractivity contribution in [1.29, 1.82) is 0 Å². The number of thiazole rings is 1. The number of H-pyrrole nitrogens is 1. The van der Waals surface area contributed by atoms with Crippen molar-refractivity contribution >= 4 is 22.4 Å². The molecule has 23 heavy (non-hydrogen) atoms. The van der Waals surface area contributed by atoms with Crippen molar-refractivity contribution in [2.45, 2.75) is 39.5 Å². The average molecular weight is 335 g/mol. The summed E-state index contributed by atoms with van der Waals surface area (Å²) < 4.78 is 0. The third kappa shape index (κ3) is 5.17. The Balaban J connectivity index is 1.72. The topological polar surface area (TPSA) is 114 Å². The number of aromatic nitrogens is 3. The van der Waals surface area contributed by atoms with Gasteiger partial charge in [0.05, 0.1) is 5.69 Å². The number of carbonyl (C=O) groups is 1. The summed E-state index contributed by atoms with van der Waals surface area (Å²) in [4.78, 5) is 33.8. The molecule has 0 atom stereocenters. The van der Waals surface area contributed by atoms with E-state index in [2.05, 4.69) is 20.3 Å². The fraction of sp³-hybridized carbons (Fsp3) is 0.467.